The molecule has 0 spiro atoms. The molecule has 0 aliphatic carbocycles. The van der Waals surface area contributed by atoms with Crippen molar-refractivity contribution >= 4 is 28.3 Å². The molecule has 8 nitrogen and oxygen atoms in total. The van der Waals surface area contributed by atoms with Gasteiger partial charge in [-0.2, -0.15) is 0 Å². The number of H-pyrrole nitrogens is 1. The van der Waals surface area contributed by atoms with E-state index < -0.39 is 6.10 Å². The molecule has 0 saturated heterocycles. The number of para-hydroxylation sites is 1. The molecule has 5 N–H and O–H groups in total. The Labute approximate surface area is 279 Å². The number of hydrogen-bond donors (Lipinski definition) is 5. The number of aliphatic hydroxyl groups is 1. The van der Waals surface area contributed by atoms with Crippen LogP contribution in [0.5, 0.6) is 5.75 Å². The summed E-state index contributed by atoms with van der Waals surface area (Å²) in [6, 6.07) is 41.7. The van der Waals surface area contributed by atoms with Gasteiger partial charge in [-0.1, -0.05) is 97.1 Å². The van der Waals surface area contributed by atoms with Gasteiger partial charge in [-0.15, -0.1) is 0 Å². The highest BCUT2D eigenvalue weighted by atomic mass is 16.5. The van der Waals surface area contributed by atoms with Crippen molar-refractivity contribution in [2.45, 2.75) is 32.1 Å². The summed E-state index contributed by atoms with van der Waals surface area (Å²) < 4.78 is 6.05. The number of aromatic amines is 1. The maximum atomic E-state index is 13.0. The van der Waals surface area contributed by atoms with E-state index in [0.29, 0.717) is 42.1 Å². The number of aliphatic hydroxyl groups excluding tert-OH is 1. The molecule has 1 aromatic heterocycles. The lowest BCUT2D eigenvalue weighted by atomic mass is 10.0. The summed E-state index contributed by atoms with van der Waals surface area (Å²) in [4.78, 5) is 28.0. The Morgan fingerprint density at radius 3 is 2.33 bits per heavy atom. The molecule has 242 valence electrons. The molecule has 2 amide bonds. The molecule has 0 saturated carbocycles. The maximum absolute atomic E-state index is 13.0. The predicted molar refractivity (Wildman–Crippen MR) is 192 cm³/mol. The van der Waals surface area contributed by atoms with Gasteiger partial charge in [0.25, 0.3) is 0 Å². The zero-order valence-electron chi connectivity index (χ0n) is 26.6. The smallest absolute Gasteiger partial charge is 0.323 e. The molecule has 0 radical (unpaired) electrons. The number of carbonyl (C=O) groups excluding carboxylic acids is 1. The van der Waals surface area contributed by atoms with Crippen LogP contribution in [-0.2, 0) is 13.0 Å². The summed E-state index contributed by atoms with van der Waals surface area (Å²) in [6.07, 6.45) is -0.138. The van der Waals surface area contributed by atoms with Gasteiger partial charge in [0, 0.05) is 35.3 Å². The van der Waals surface area contributed by atoms with E-state index in [0.717, 1.165) is 33.3 Å². The number of urea groups is 1. The highest BCUT2D eigenvalue weighted by molar-refractivity contribution is 6.02. The highest BCUT2D eigenvalue weighted by Crippen LogP contribution is 2.31. The van der Waals surface area contributed by atoms with E-state index in [1.807, 2.05) is 115 Å². The molecular weight excluding hydrogens is 600 g/mol. The van der Waals surface area contributed by atoms with E-state index in [2.05, 4.69) is 27.9 Å². The van der Waals surface area contributed by atoms with E-state index >= 15 is 0 Å². The average molecular weight is 639 g/mol. The van der Waals surface area contributed by atoms with Crippen molar-refractivity contribution < 1.29 is 14.6 Å². The summed E-state index contributed by atoms with van der Waals surface area (Å²) in [6.45, 7) is 2.72. The minimum Gasteiger partial charge on any atom is -0.487 e. The van der Waals surface area contributed by atoms with Crippen LogP contribution in [0.3, 0.4) is 0 Å². The zero-order valence-corrected chi connectivity index (χ0v) is 26.6. The molecule has 6 rings (SSSR count). The van der Waals surface area contributed by atoms with Crippen molar-refractivity contribution in [3.8, 4) is 16.9 Å². The predicted octanol–water partition coefficient (Wildman–Crippen LogP) is 7.67. The van der Waals surface area contributed by atoms with Crippen LogP contribution < -0.4 is 26.2 Å². The van der Waals surface area contributed by atoms with Gasteiger partial charge in [0.15, 0.2) is 0 Å². The Bertz CT molecular complexity index is 2050. The number of aromatic nitrogens is 1. The third-order valence-corrected chi connectivity index (χ3v) is 8.13. The molecule has 0 fully saturated rings. The fourth-order valence-corrected chi connectivity index (χ4v) is 5.76. The first-order valence-electron chi connectivity index (χ1n) is 16.0. The minimum atomic E-state index is -0.820. The molecule has 1 heterocycles. The van der Waals surface area contributed by atoms with Gasteiger partial charge in [-0.3, -0.25) is 4.79 Å². The number of fused-ring (bicyclic) bond motifs is 1. The second-order valence-corrected chi connectivity index (χ2v) is 11.8. The highest BCUT2D eigenvalue weighted by Gasteiger charge is 2.17. The number of amides is 2. The Kier molecular flexibility index (Phi) is 10.3. The van der Waals surface area contributed by atoms with Crippen molar-refractivity contribution in [2.75, 3.05) is 17.2 Å². The molecule has 48 heavy (non-hydrogen) atoms. The van der Waals surface area contributed by atoms with Gasteiger partial charge in [0.1, 0.15) is 12.4 Å². The van der Waals surface area contributed by atoms with E-state index in [-0.39, 0.29) is 17.6 Å². The fraction of sp³-hybridized carbons (Fsp3) is 0.150. The van der Waals surface area contributed by atoms with Crippen LogP contribution in [0.1, 0.15) is 29.7 Å². The number of rotatable bonds is 12. The van der Waals surface area contributed by atoms with Gasteiger partial charge in [0.05, 0.1) is 17.3 Å². The van der Waals surface area contributed by atoms with Crippen LogP contribution in [0.2, 0.25) is 0 Å². The van der Waals surface area contributed by atoms with Crippen LogP contribution in [-0.4, -0.2) is 28.7 Å². The first-order valence-corrected chi connectivity index (χ1v) is 16.0. The monoisotopic (exact) mass is 638 g/mol. The molecule has 5 aromatic carbocycles. The molecule has 0 aliphatic rings. The molecule has 0 aliphatic heterocycles. The fourth-order valence-electron chi connectivity index (χ4n) is 5.76. The largest absolute Gasteiger partial charge is 0.487 e. The van der Waals surface area contributed by atoms with Crippen LogP contribution in [0.15, 0.2) is 138 Å². The molecule has 1 unspecified atom stereocenters. The van der Waals surface area contributed by atoms with Crippen molar-refractivity contribution in [3.63, 3.8) is 0 Å². The Morgan fingerprint density at radius 1 is 0.792 bits per heavy atom. The number of anilines is 2. The summed E-state index contributed by atoms with van der Waals surface area (Å²) in [5, 5.41) is 21.3. The number of carbonyl (C=O) groups is 1. The topological polar surface area (TPSA) is 115 Å². The normalized spacial score (nSPS) is 12.3. The van der Waals surface area contributed by atoms with E-state index in [1.54, 1.807) is 12.1 Å². The number of hydrogen-bond acceptors (Lipinski definition) is 5. The summed E-state index contributed by atoms with van der Waals surface area (Å²) in [5.74, 6) is 0.548. The first-order chi connectivity index (χ1) is 23.4. The molecule has 6 aromatic rings. The number of nitrogens with one attached hydrogen (secondary N) is 4. The van der Waals surface area contributed by atoms with Gasteiger partial charge in [0.2, 0.25) is 5.56 Å². The second kappa shape index (κ2) is 15.3. The SMILES string of the molecule is CC(Cc1cccc(NC(=O)Nc2ccccc2-c2ccccc2)c1)NC[C@@H](O)c1ccc(OCc2ccccc2)c2[nH]c(=O)ccc12. The van der Waals surface area contributed by atoms with E-state index in [1.165, 1.54) is 6.07 Å². The third-order valence-electron chi connectivity index (χ3n) is 8.13. The van der Waals surface area contributed by atoms with E-state index in [9.17, 15) is 14.7 Å². The second-order valence-electron chi connectivity index (χ2n) is 11.8. The zero-order chi connectivity index (χ0) is 33.3. The van der Waals surface area contributed by atoms with Crippen molar-refractivity contribution in [1.82, 2.24) is 10.3 Å². The van der Waals surface area contributed by atoms with Crippen molar-refractivity contribution in [1.29, 1.82) is 0 Å². The lowest BCUT2D eigenvalue weighted by Crippen LogP contribution is -2.32. The molecule has 8 heteroatoms. The standard InChI is InChI=1S/C40H38N4O4/c1-27(23-29-13-10-16-31(24-29)42-40(47)43-35-18-9-8-17-32(35)30-14-6-3-7-15-30)41-25-36(45)33-19-21-37(39-34(33)20-22-38(46)44-39)48-26-28-11-4-2-5-12-28/h2-22,24,27,36,41,45H,23,25-26H2,1H3,(H,44,46)(H2,42,43,47)/t27?,36-/m1/s1. The quantitative estimate of drug-likeness (QED) is 0.0944. The average Bonchev–Trinajstić information content (AvgIpc) is 3.10. The summed E-state index contributed by atoms with van der Waals surface area (Å²) in [5.41, 5.74) is 6.44. The Balaban J connectivity index is 1.06. The van der Waals surface area contributed by atoms with Gasteiger partial charge < -0.3 is 30.8 Å². The van der Waals surface area contributed by atoms with Gasteiger partial charge in [-0.05, 0) is 65.9 Å². The van der Waals surface area contributed by atoms with Crippen LogP contribution >= 0.6 is 0 Å². The van der Waals surface area contributed by atoms with Crippen molar-refractivity contribution in [2.24, 2.45) is 0 Å². The number of pyridine rings is 1. The molecule has 2 atom stereocenters. The third kappa shape index (κ3) is 8.17. The van der Waals surface area contributed by atoms with Gasteiger partial charge in [-0.25, -0.2) is 4.79 Å². The Morgan fingerprint density at radius 2 is 1.52 bits per heavy atom. The minimum absolute atomic E-state index is 0.0287. The van der Waals surface area contributed by atoms with Crippen LogP contribution in [0.25, 0.3) is 22.0 Å². The lowest BCUT2D eigenvalue weighted by Gasteiger charge is -2.20. The van der Waals surface area contributed by atoms with Crippen LogP contribution in [0, 0.1) is 0 Å². The Hall–Kier alpha value is -5.70. The summed E-state index contributed by atoms with van der Waals surface area (Å²) >= 11 is 0. The van der Waals surface area contributed by atoms with E-state index in [4.69, 9.17) is 4.74 Å². The number of benzene rings is 5. The number of ether oxygens (including phenoxy) is 1. The lowest BCUT2D eigenvalue weighted by molar-refractivity contribution is 0.172. The maximum Gasteiger partial charge on any atom is 0.323 e. The molecule has 0 bridgehead atoms. The summed E-state index contributed by atoms with van der Waals surface area (Å²) in [7, 11) is 0. The first kappa shape index (κ1) is 32.2. The van der Waals surface area contributed by atoms with Crippen molar-refractivity contribution in [3.05, 3.63) is 161 Å². The molecular formula is C40H38N4O4. The van der Waals surface area contributed by atoms with Crippen LogP contribution in [0.4, 0.5) is 16.2 Å². The van der Waals surface area contributed by atoms with Gasteiger partial charge >= 0.3 is 6.03 Å².